The third-order valence-electron chi connectivity index (χ3n) is 6.04. The number of benzene rings is 2. The first-order valence-electron chi connectivity index (χ1n) is 10.1. The zero-order valence-corrected chi connectivity index (χ0v) is 17.4. The molecular formula is C23H28O5S. The second-order valence-corrected chi connectivity index (χ2v) is 9.29. The van der Waals surface area contributed by atoms with E-state index < -0.39 is 37.1 Å². The van der Waals surface area contributed by atoms with Gasteiger partial charge in [-0.2, -0.15) is 0 Å². The minimum atomic E-state index is -1.37. The summed E-state index contributed by atoms with van der Waals surface area (Å²) in [6.07, 6.45) is -5.68. The molecule has 0 spiro atoms. The highest BCUT2D eigenvalue weighted by atomic mass is 32.2. The molecule has 0 aliphatic carbocycles. The normalized spacial score (nSPS) is 31.8. The predicted molar refractivity (Wildman–Crippen MR) is 112 cm³/mol. The van der Waals surface area contributed by atoms with Crippen molar-refractivity contribution in [3.05, 3.63) is 64.7 Å². The van der Waals surface area contributed by atoms with Gasteiger partial charge in [0.15, 0.2) is 0 Å². The maximum atomic E-state index is 10.5. The Morgan fingerprint density at radius 3 is 2.31 bits per heavy atom. The van der Waals surface area contributed by atoms with Gasteiger partial charge in [-0.05, 0) is 34.2 Å². The van der Waals surface area contributed by atoms with Crippen molar-refractivity contribution in [2.75, 3.05) is 12.4 Å². The van der Waals surface area contributed by atoms with Crippen LogP contribution in [0.25, 0.3) is 0 Å². The maximum Gasteiger partial charge on any atom is 0.113 e. The van der Waals surface area contributed by atoms with E-state index in [-0.39, 0.29) is 5.92 Å². The van der Waals surface area contributed by atoms with Gasteiger partial charge in [-0.15, -0.1) is 11.8 Å². The van der Waals surface area contributed by atoms with Gasteiger partial charge in [0.2, 0.25) is 0 Å². The molecule has 2 heterocycles. The molecule has 0 amide bonds. The molecule has 29 heavy (non-hydrogen) atoms. The summed E-state index contributed by atoms with van der Waals surface area (Å²) in [4.78, 5) is 1.20. The van der Waals surface area contributed by atoms with E-state index in [1.54, 1.807) is 0 Å². The van der Waals surface area contributed by atoms with Crippen LogP contribution in [0, 0.1) is 0 Å². The average molecular weight is 417 g/mol. The van der Waals surface area contributed by atoms with Crippen LogP contribution in [0.3, 0.4) is 0 Å². The molecule has 6 atom stereocenters. The van der Waals surface area contributed by atoms with E-state index in [4.69, 9.17) is 4.74 Å². The van der Waals surface area contributed by atoms with Crippen molar-refractivity contribution in [2.45, 2.75) is 61.1 Å². The van der Waals surface area contributed by atoms with Gasteiger partial charge in [0.25, 0.3) is 0 Å². The molecule has 0 aromatic heterocycles. The van der Waals surface area contributed by atoms with E-state index >= 15 is 0 Å². The number of hydrogen-bond acceptors (Lipinski definition) is 6. The molecule has 0 bridgehead atoms. The van der Waals surface area contributed by atoms with Crippen molar-refractivity contribution < 1.29 is 25.2 Å². The molecule has 5 nitrogen and oxygen atoms in total. The van der Waals surface area contributed by atoms with Crippen molar-refractivity contribution in [1.82, 2.24) is 0 Å². The molecule has 0 radical (unpaired) electrons. The number of aliphatic hydroxyl groups excluding tert-OH is 4. The van der Waals surface area contributed by atoms with Gasteiger partial charge >= 0.3 is 0 Å². The van der Waals surface area contributed by atoms with Crippen molar-refractivity contribution >= 4 is 11.8 Å². The molecule has 4 rings (SSSR count). The quantitative estimate of drug-likeness (QED) is 0.613. The minimum absolute atomic E-state index is 0.251. The molecular weight excluding hydrogens is 388 g/mol. The Morgan fingerprint density at radius 2 is 1.66 bits per heavy atom. The predicted octanol–water partition coefficient (Wildman–Crippen LogP) is 2.56. The van der Waals surface area contributed by atoms with E-state index in [1.165, 1.54) is 21.6 Å². The fourth-order valence-corrected chi connectivity index (χ4v) is 5.43. The van der Waals surface area contributed by atoms with Crippen LogP contribution in [0.15, 0.2) is 47.4 Å². The fraction of sp³-hybridized carbons (Fsp3) is 0.478. The van der Waals surface area contributed by atoms with Crippen molar-refractivity contribution in [3.8, 4) is 0 Å². The van der Waals surface area contributed by atoms with Crippen molar-refractivity contribution in [3.63, 3.8) is 0 Å². The molecule has 6 heteroatoms. The summed E-state index contributed by atoms with van der Waals surface area (Å²) in [6.45, 7) is 3.94. The first-order chi connectivity index (χ1) is 13.9. The van der Waals surface area contributed by atoms with E-state index in [0.717, 1.165) is 11.3 Å². The Balaban J connectivity index is 1.63. The molecule has 1 fully saturated rings. The number of hydrogen-bond donors (Lipinski definition) is 4. The van der Waals surface area contributed by atoms with Crippen LogP contribution in [0.2, 0.25) is 0 Å². The largest absolute Gasteiger partial charge is 0.394 e. The second kappa shape index (κ2) is 8.38. The zero-order chi connectivity index (χ0) is 20.7. The average Bonchev–Trinajstić information content (AvgIpc) is 3.15. The van der Waals surface area contributed by atoms with E-state index in [9.17, 15) is 20.4 Å². The number of rotatable bonds is 4. The Morgan fingerprint density at radius 1 is 0.966 bits per heavy atom. The van der Waals surface area contributed by atoms with Crippen LogP contribution in [0.1, 0.15) is 54.0 Å². The number of aliphatic hydroxyl groups is 4. The Bertz CT molecular complexity index is 851. The zero-order valence-electron chi connectivity index (χ0n) is 16.6. The van der Waals surface area contributed by atoms with Gasteiger partial charge in [0, 0.05) is 16.6 Å². The molecule has 2 aliphatic rings. The van der Waals surface area contributed by atoms with Crippen LogP contribution < -0.4 is 0 Å². The summed E-state index contributed by atoms with van der Waals surface area (Å²) in [5.74, 6) is 1.70. The van der Waals surface area contributed by atoms with Crippen LogP contribution in [0.5, 0.6) is 0 Å². The lowest BCUT2D eigenvalue weighted by Gasteiger charge is -2.40. The fourth-order valence-electron chi connectivity index (χ4n) is 4.18. The molecule has 2 aromatic rings. The summed E-state index contributed by atoms with van der Waals surface area (Å²) < 4.78 is 5.74. The van der Waals surface area contributed by atoms with Gasteiger partial charge in [0.05, 0.1) is 6.61 Å². The highest BCUT2D eigenvalue weighted by molar-refractivity contribution is 7.99. The lowest BCUT2D eigenvalue weighted by atomic mass is 9.87. The molecule has 6 unspecified atom stereocenters. The summed E-state index contributed by atoms with van der Waals surface area (Å²) in [7, 11) is 0. The highest BCUT2D eigenvalue weighted by Gasteiger charge is 2.44. The first-order valence-corrected chi connectivity index (χ1v) is 11.1. The number of fused-ring (bicyclic) bond motifs is 1. The van der Waals surface area contributed by atoms with Crippen molar-refractivity contribution in [1.29, 1.82) is 0 Å². The molecule has 156 valence electrons. The standard InChI is InChI=1S/C23H28O5S/c1-12(2)13-3-5-14(6-4-13)17-11-29-19-8-7-15(9-16(17)19)23-22(27)21(26)20(25)18(10-24)28-23/h3-9,12,17-18,20-27H,10-11H2,1-2H3. The lowest BCUT2D eigenvalue weighted by Crippen LogP contribution is -2.55. The summed E-state index contributed by atoms with van der Waals surface area (Å²) in [5.41, 5.74) is 4.50. The summed E-state index contributed by atoms with van der Waals surface area (Å²) >= 11 is 1.81. The second-order valence-electron chi connectivity index (χ2n) is 8.23. The van der Waals surface area contributed by atoms with Crippen LogP contribution >= 0.6 is 11.8 Å². The Labute approximate surface area is 175 Å². The maximum absolute atomic E-state index is 10.5. The SMILES string of the molecule is CC(C)c1ccc(C2CSc3ccc(C4OC(CO)C(O)C(O)C4O)cc32)cc1. The topological polar surface area (TPSA) is 90.2 Å². The van der Waals surface area contributed by atoms with Gasteiger partial charge in [-0.1, -0.05) is 50.2 Å². The van der Waals surface area contributed by atoms with E-state index in [2.05, 4.69) is 38.1 Å². The van der Waals surface area contributed by atoms with Crippen molar-refractivity contribution in [2.24, 2.45) is 0 Å². The molecule has 1 saturated heterocycles. The molecule has 4 N–H and O–H groups in total. The summed E-state index contributed by atoms with van der Waals surface area (Å²) in [5, 5.41) is 40.1. The van der Waals surface area contributed by atoms with Gasteiger partial charge in [-0.3, -0.25) is 0 Å². The van der Waals surface area contributed by atoms with Gasteiger partial charge in [0.1, 0.15) is 30.5 Å². The highest BCUT2D eigenvalue weighted by Crippen LogP contribution is 2.45. The number of thioether (sulfide) groups is 1. The molecule has 0 saturated carbocycles. The Kier molecular flexibility index (Phi) is 6.02. The van der Waals surface area contributed by atoms with Crippen LogP contribution in [-0.2, 0) is 4.74 Å². The van der Waals surface area contributed by atoms with E-state index in [0.29, 0.717) is 5.92 Å². The molecule has 2 aromatic carbocycles. The smallest absolute Gasteiger partial charge is 0.113 e. The molecule has 2 aliphatic heterocycles. The lowest BCUT2D eigenvalue weighted by molar-refractivity contribution is -0.231. The van der Waals surface area contributed by atoms with Gasteiger partial charge in [-0.25, -0.2) is 0 Å². The van der Waals surface area contributed by atoms with E-state index in [1.807, 2.05) is 30.0 Å². The first kappa shape index (κ1) is 20.8. The summed E-state index contributed by atoms with van der Waals surface area (Å²) in [6, 6.07) is 14.7. The number of ether oxygens (including phenoxy) is 1. The minimum Gasteiger partial charge on any atom is -0.394 e. The van der Waals surface area contributed by atoms with Crippen LogP contribution in [-0.4, -0.2) is 57.2 Å². The third kappa shape index (κ3) is 3.85. The monoisotopic (exact) mass is 416 g/mol. The third-order valence-corrected chi connectivity index (χ3v) is 7.22. The van der Waals surface area contributed by atoms with Crippen LogP contribution in [0.4, 0.5) is 0 Å². The Hall–Kier alpha value is -1.41. The van der Waals surface area contributed by atoms with Gasteiger partial charge < -0.3 is 25.2 Å².